The Morgan fingerprint density at radius 1 is 1.36 bits per heavy atom. The highest BCUT2D eigenvalue weighted by Gasteiger charge is 2.46. The number of nitrogens with one attached hydrogen (secondary N) is 1. The molecule has 2 unspecified atom stereocenters. The molecule has 2 aliphatic rings. The Hall–Kier alpha value is -0.930. The molecule has 1 saturated heterocycles. The number of rotatable bonds is 0. The Balaban J connectivity index is 2.20. The van der Waals surface area contributed by atoms with E-state index in [0.29, 0.717) is 13.0 Å². The van der Waals surface area contributed by atoms with Gasteiger partial charge in [-0.25, -0.2) is 0 Å². The Kier molecular flexibility index (Phi) is 2.29. The summed E-state index contributed by atoms with van der Waals surface area (Å²) in [5.74, 6) is -1.55. The molecule has 0 bridgehead atoms. The van der Waals surface area contributed by atoms with Gasteiger partial charge < -0.3 is 5.32 Å². The molecule has 1 heterocycles. The summed E-state index contributed by atoms with van der Waals surface area (Å²) < 4.78 is 37.9. The summed E-state index contributed by atoms with van der Waals surface area (Å²) in [5.41, 5.74) is 0.751. The monoisotopic (exact) mass is 203 g/mol. The van der Waals surface area contributed by atoms with Gasteiger partial charge >= 0.3 is 6.18 Å². The average molecular weight is 203 g/mol. The fourth-order valence-electron chi connectivity index (χ4n) is 2.18. The molecule has 1 aliphatic heterocycles. The summed E-state index contributed by atoms with van der Waals surface area (Å²) in [6.07, 6.45) is 2.02. The molecule has 1 aliphatic carbocycles. The fourth-order valence-corrected chi connectivity index (χ4v) is 2.18. The maximum Gasteiger partial charge on any atom is 0.392 e. The van der Waals surface area contributed by atoms with Crippen LogP contribution in [0.25, 0.3) is 0 Å². The van der Waals surface area contributed by atoms with Crippen LogP contribution in [0.2, 0.25) is 0 Å². The summed E-state index contributed by atoms with van der Waals surface area (Å²) in [6, 6.07) is 0. The van der Waals surface area contributed by atoms with Crippen molar-refractivity contribution in [3.8, 4) is 0 Å². The first-order chi connectivity index (χ1) is 6.59. The molecule has 0 aromatic heterocycles. The molecule has 1 nitrogen and oxygen atoms in total. The molecule has 0 aromatic carbocycles. The van der Waals surface area contributed by atoms with E-state index in [1.807, 2.05) is 6.08 Å². The maximum atomic E-state index is 12.6. The second-order valence-electron chi connectivity index (χ2n) is 3.76. The molecule has 14 heavy (non-hydrogen) atoms. The number of hydrogen-bond acceptors (Lipinski definition) is 1. The van der Waals surface area contributed by atoms with Gasteiger partial charge in [0.25, 0.3) is 0 Å². The van der Waals surface area contributed by atoms with Crippen molar-refractivity contribution >= 4 is 0 Å². The zero-order valence-corrected chi connectivity index (χ0v) is 7.64. The van der Waals surface area contributed by atoms with Gasteiger partial charge in [0.05, 0.1) is 5.92 Å². The van der Waals surface area contributed by atoms with Crippen molar-refractivity contribution in [1.29, 1.82) is 0 Å². The molecule has 0 radical (unpaired) electrons. The van der Waals surface area contributed by atoms with E-state index < -0.39 is 12.1 Å². The standard InChI is InChI=1S/C10H12F3N/c11-10(12,13)8-5-6-14-9-4-2-1-3-7(8)9/h1-2,4,7-8,14H,3,5-6H2. The zero-order valence-electron chi connectivity index (χ0n) is 7.64. The fraction of sp³-hybridized carbons (Fsp3) is 0.600. The maximum absolute atomic E-state index is 12.6. The first kappa shape index (κ1) is 9.62. The van der Waals surface area contributed by atoms with Crippen LogP contribution < -0.4 is 5.32 Å². The van der Waals surface area contributed by atoms with Crippen LogP contribution in [0.1, 0.15) is 12.8 Å². The van der Waals surface area contributed by atoms with Gasteiger partial charge in [0.1, 0.15) is 0 Å². The van der Waals surface area contributed by atoms with E-state index in [2.05, 4.69) is 5.32 Å². The van der Waals surface area contributed by atoms with E-state index in [4.69, 9.17) is 0 Å². The zero-order chi connectivity index (χ0) is 10.2. The molecular weight excluding hydrogens is 191 g/mol. The van der Waals surface area contributed by atoms with Crippen molar-refractivity contribution in [3.05, 3.63) is 23.9 Å². The second-order valence-corrected chi connectivity index (χ2v) is 3.76. The quantitative estimate of drug-likeness (QED) is 0.638. The molecule has 2 rings (SSSR count). The highest BCUT2D eigenvalue weighted by atomic mass is 19.4. The molecule has 4 heteroatoms. The molecule has 0 aromatic rings. The van der Waals surface area contributed by atoms with Gasteiger partial charge in [-0.2, -0.15) is 13.2 Å². The second kappa shape index (κ2) is 3.33. The van der Waals surface area contributed by atoms with Gasteiger partial charge in [-0.05, 0) is 18.9 Å². The number of hydrogen-bond donors (Lipinski definition) is 1. The van der Waals surface area contributed by atoms with E-state index in [1.165, 1.54) is 0 Å². The smallest absolute Gasteiger partial charge is 0.388 e. The van der Waals surface area contributed by atoms with Crippen LogP contribution >= 0.6 is 0 Å². The third-order valence-electron chi connectivity index (χ3n) is 2.89. The molecule has 0 spiro atoms. The highest BCUT2D eigenvalue weighted by molar-refractivity contribution is 5.22. The lowest BCUT2D eigenvalue weighted by Crippen LogP contribution is -2.42. The minimum absolute atomic E-state index is 0.194. The summed E-state index contributed by atoms with van der Waals surface area (Å²) in [5, 5.41) is 3.03. The largest absolute Gasteiger partial charge is 0.392 e. The molecule has 0 amide bonds. The summed E-state index contributed by atoms with van der Waals surface area (Å²) in [6.45, 7) is 0.431. The van der Waals surface area contributed by atoms with Crippen molar-refractivity contribution < 1.29 is 13.2 Å². The van der Waals surface area contributed by atoms with Crippen LogP contribution in [0.4, 0.5) is 13.2 Å². The van der Waals surface area contributed by atoms with Gasteiger partial charge in [0, 0.05) is 18.2 Å². The van der Waals surface area contributed by atoms with Gasteiger partial charge in [0.2, 0.25) is 0 Å². The Labute approximate surface area is 80.7 Å². The van der Waals surface area contributed by atoms with Crippen LogP contribution in [-0.2, 0) is 0 Å². The number of piperidine rings is 1. The van der Waals surface area contributed by atoms with Gasteiger partial charge in [-0.3, -0.25) is 0 Å². The number of alkyl halides is 3. The highest BCUT2D eigenvalue weighted by Crippen LogP contribution is 2.42. The summed E-state index contributed by atoms with van der Waals surface area (Å²) in [7, 11) is 0. The van der Waals surface area contributed by atoms with Crippen LogP contribution in [0.15, 0.2) is 23.9 Å². The van der Waals surface area contributed by atoms with Crippen LogP contribution in [0.5, 0.6) is 0 Å². The molecule has 1 fully saturated rings. The summed E-state index contributed by atoms with van der Waals surface area (Å²) >= 11 is 0. The predicted octanol–water partition coefficient (Wildman–Crippen LogP) is 2.62. The van der Waals surface area contributed by atoms with Crippen LogP contribution in [0, 0.1) is 11.8 Å². The third kappa shape index (κ3) is 1.65. The third-order valence-corrected chi connectivity index (χ3v) is 2.89. The van der Waals surface area contributed by atoms with Crippen molar-refractivity contribution in [2.45, 2.75) is 19.0 Å². The minimum atomic E-state index is -4.06. The van der Waals surface area contributed by atoms with Crippen molar-refractivity contribution in [2.24, 2.45) is 11.8 Å². The Morgan fingerprint density at radius 2 is 2.14 bits per heavy atom. The lowest BCUT2D eigenvalue weighted by molar-refractivity contribution is -0.190. The van der Waals surface area contributed by atoms with Crippen molar-refractivity contribution in [3.63, 3.8) is 0 Å². The van der Waals surface area contributed by atoms with E-state index >= 15 is 0 Å². The molecule has 0 saturated carbocycles. The predicted molar refractivity (Wildman–Crippen MR) is 47.5 cm³/mol. The van der Waals surface area contributed by atoms with Gasteiger partial charge in [0.15, 0.2) is 0 Å². The van der Waals surface area contributed by atoms with E-state index in [-0.39, 0.29) is 12.3 Å². The topological polar surface area (TPSA) is 12.0 Å². The number of allylic oxidation sites excluding steroid dienone is 4. The average Bonchev–Trinajstić information content (AvgIpc) is 2.15. The summed E-state index contributed by atoms with van der Waals surface area (Å²) in [4.78, 5) is 0. The Bertz CT molecular complexity index is 278. The molecule has 2 atom stereocenters. The van der Waals surface area contributed by atoms with E-state index in [9.17, 15) is 13.2 Å². The van der Waals surface area contributed by atoms with E-state index in [1.54, 1.807) is 12.2 Å². The normalized spacial score (nSPS) is 31.8. The lowest BCUT2D eigenvalue weighted by Gasteiger charge is -2.36. The molecule has 1 N–H and O–H groups in total. The minimum Gasteiger partial charge on any atom is -0.388 e. The lowest BCUT2D eigenvalue weighted by atomic mass is 9.79. The Morgan fingerprint density at radius 3 is 2.86 bits per heavy atom. The first-order valence-electron chi connectivity index (χ1n) is 4.76. The van der Waals surface area contributed by atoms with Crippen LogP contribution in [-0.4, -0.2) is 12.7 Å². The van der Waals surface area contributed by atoms with Gasteiger partial charge in [-0.15, -0.1) is 0 Å². The van der Waals surface area contributed by atoms with E-state index in [0.717, 1.165) is 5.70 Å². The van der Waals surface area contributed by atoms with Crippen molar-refractivity contribution in [1.82, 2.24) is 5.32 Å². The first-order valence-corrected chi connectivity index (χ1v) is 4.76. The number of halogens is 3. The van der Waals surface area contributed by atoms with Gasteiger partial charge in [-0.1, -0.05) is 12.2 Å². The van der Waals surface area contributed by atoms with Crippen LogP contribution in [0.3, 0.4) is 0 Å². The van der Waals surface area contributed by atoms with Crippen molar-refractivity contribution in [2.75, 3.05) is 6.54 Å². The molecule has 78 valence electrons. The molecular formula is C10H12F3N. The number of fused-ring (bicyclic) bond motifs is 1. The SMILES string of the molecule is FC(F)(F)C1CCNC2=CC=CCC21.